The maximum Gasteiger partial charge on any atom is 0.234 e. The highest BCUT2D eigenvalue weighted by Crippen LogP contribution is 2.28. The molecule has 0 unspecified atom stereocenters. The lowest BCUT2D eigenvalue weighted by Crippen LogP contribution is -2.14. The number of aromatic nitrogens is 3. The Kier molecular flexibility index (Phi) is 6.03. The molecule has 2 aromatic carbocycles. The lowest BCUT2D eigenvalue weighted by Gasteiger charge is -2.08. The highest BCUT2D eigenvalue weighted by Gasteiger charge is 2.14. The molecule has 27 heavy (non-hydrogen) atoms. The Morgan fingerprint density at radius 3 is 2.74 bits per heavy atom. The van der Waals surface area contributed by atoms with E-state index in [0.29, 0.717) is 21.6 Å². The molecule has 0 aliphatic heterocycles. The lowest BCUT2D eigenvalue weighted by molar-refractivity contribution is -0.113. The molecule has 1 heterocycles. The number of nitrogens with one attached hydrogen (secondary N) is 1. The van der Waals surface area contributed by atoms with Gasteiger partial charge in [-0.2, -0.15) is 0 Å². The van der Waals surface area contributed by atoms with Gasteiger partial charge in [0.15, 0.2) is 11.0 Å². The quantitative estimate of drug-likeness (QED) is 0.626. The minimum Gasteiger partial charge on any atom is -0.495 e. The van der Waals surface area contributed by atoms with Gasteiger partial charge in [-0.1, -0.05) is 47.6 Å². The number of nitrogens with zero attached hydrogens (tertiary/aromatic N) is 3. The third-order valence-electron chi connectivity index (χ3n) is 3.99. The fourth-order valence-electron chi connectivity index (χ4n) is 2.57. The number of carbonyl (C=O) groups excluding carboxylic acids is 1. The van der Waals surface area contributed by atoms with Gasteiger partial charge in [0.1, 0.15) is 5.75 Å². The number of thioether (sulfide) groups is 1. The molecule has 1 aromatic heterocycles. The minimum atomic E-state index is -0.151. The van der Waals surface area contributed by atoms with Crippen molar-refractivity contribution in [3.05, 3.63) is 53.1 Å². The molecule has 0 saturated heterocycles. The van der Waals surface area contributed by atoms with Gasteiger partial charge in [0, 0.05) is 18.3 Å². The van der Waals surface area contributed by atoms with Gasteiger partial charge in [-0.05, 0) is 30.7 Å². The molecule has 0 aliphatic carbocycles. The van der Waals surface area contributed by atoms with Gasteiger partial charge < -0.3 is 14.6 Å². The Balaban J connectivity index is 1.64. The van der Waals surface area contributed by atoms with Crippen LogP contribution in [0.1, 0.15) is 5.56 Å². The zero-order valence-electron chi connectivity index (χ0n) is 15.2. The summed E-state index contributed by atoms with van der Waals surface area (Å²) < 4.78 is 7.00. The van der Waals surface area contributed by atoms with Crippen molar-refractivity contribution < 1.29 is 9.53 Å². The van der Waals surface area contributed by atoms with Crippen LogP contribution in [0.15, 0.2) is 47.6 Å². The highest BCUT2D eigenvalue weighted by atomic mass is 35.5. The summed E-state index contributed by atoms with van der Waals surface area (Å²) in [4.78, 5) is 12.2. The SMILES string of the molecule is COc1ccc(NC(=O)CSc2nnc(-c3ccccc3C)n2C)cc1Cl. The standard InChI is InChI=1S/C19H19ClN4O2S/c1-12-6-4-5-7-14(12)18-22-23-19(24(18)2)27-11-17(25)21-13-8-9-16(26-3)15(20)10-13/h4-10H,11H2,1-3H3,(H,21,25). The number of ether oxygens (including phenoxy) is 1. The molecule has 3 rings (SSSR count). The van der Waals surface area contributed by atoms with Crippen LogP contribution in [-0.4, -0.2) is 33.5 Å². The average molecular weight is 403 g/mol. The molecular formula is C19H19ClN4O2S. The molecule has 3 aromatic rings. The minimum absolute atomic E-state index is 0.151. The van der Waals surface area contributed by atoms with E-state index in [9.17, 15) is 4.79 Å². The third kappa shape index (κ3) is 4.43. The van der Waals surface area contributed by atoms with E-state index in [1.807, 2.05) is 42.8 Å². The van der Waals surface area contributed by atoms with Crippen molar-refractivity contribution in [3.63, 3.8) is 0 Å². The van der Waals surface area contributed by atoms with E-state index in [2.05, 4.69) is 15.5 Å². The summed E-state index contributed by atoms with van der Waals surface area (Å²) in [7, 11) is 3.44. The van der Waals surface area contributed by atoms with E-state index in [-0.39, 0.29) is 11.7 Å². The summed E-state index contributed by atoms with van der Waals surface area (Å²) in [6.07, 6.45) is 0. The maximum absolute atomic E-state index is 12.2. The van der Waals surface area contributed by atoms with Crippen LogP contribution in [-0.2, 0) is 11.8 Å². The van der Waals surface area contributed by atoms with Crippen molar-refractivity contribution in [2.45, 2.75) is 12.1 Å². The van der Waals surface area contributed by atoms with E-state index in [0.717, 1.165) is 17.0 Å². The molecule has 0 bridgehead atoms. The zero-order valence-corrected chi connectivity index (χ0v) is 16.8. The second-order valence-corrected chi connectivity index (χ2v) is 7.22. The number of hydrogen-bond donors (Lipinski definition) is 1. The Morgan fingerprint density at radius 1 is 1.26 bits per heavy atom. The van der Waals surface area contributed by atoms with Gasteiger partial charge in [-0.3, -0.25) is 4.79 Å². The van der Waals surface area contributed by atoms with Crippen LogP contribution in [0.25, 0.3) is 11.4 Å². The van der Waals surface area contributed by atoms with Gasteiger partial charge in [0.2, 0.25) is 5.91 Å². The van der Waals surface area contributed by atoms with Crippen molar-refractivity contribution in [3.8, 4) is 17.1 Å². The molecule has 0 atom stereocenters. The summed E-state index contributed by atoms with van der Waals surface area (Å²) in [6, 6.07) is 13.1. The average Bonchev–Trinajstić information content (AvgIpc) is 3.01. The molecule has 0 saturated carbocycles. The summed E-state index contributed by atoms with van der Waals surface area (Å²) in [5.41, 5.74) is 2.76. The molecule has 0 spiro atoms. The summed E-state index contributed by atoms with van der Waals surface area (Å²) >= 11 is 7.40. The van der Waals surface area contributed by atoms with E-state index >= 15 is 0 Å². The molecule has 140 valence electrons. The predicted octanol–water partition coefficient (Wildman–Crippen LogP) is 4.18. The molecule has 0 radical (unpaired) electrons. The fourth-order valence-corrected chi connectivity index (χ4v) is 3.54. The van der Waals surface area contributed by atoms with Crippen LogP contribution in [0.4, 0.5) is 5.69 Å². The van der Waals surface area contributed by atoms with Crippen LogP contribution >= 0.6 is 23.4 Å². The van der Waals surface area contributed by atoms with E-state index in [4.69, 9.17) is 16.3 Å². The van der Waals surface area contributed by atoms with Gasteiger partial charge in [-0.25, -0.2) is 0 Å². The second-order valence-electron chi connectivity index (χ2n) is 5.87. The van der Waals surface area contributed by atoms with Crippen LogP contribution in [0.5, 0.6) is 5.75 Å². The van der Waals surface area contributed by atoms with Crippen molar-refractivity contribution in [1.82, 2.24) is 14.8 Å². The van der Waals surface area contributed by atoms with Gasteiger partial charge in [0.05, 0.1) is 17.9 Å². The number of hydrogen-bond acceptors (Lipinski definition) is 5. The van der Waals surface area contributed by atoms with Crippen LogP contribution in [0.2, 0.25) is 5.02 Å². The highest BCUT2D eigenvalue weighted by molar-refractivity contribution is 7.99. The molecule has 1 N–H and O–H groups in total. The first-order valence-electron chi connectivity index (χ1n) is 8.21. The monoisotopic (exact) mass is 402 g/mol. The third-order valence-corrected chi connectivity index (χ3v) is 5.30. The first-order valence-corrected chi connectivity index (χ1v) is 9.57. The van der Waals surface area contributed by atoms with Crippen LogP contribution < -0.4 is 10.1 Å². The number of benzene rings is 2. The number of aryl methyl sites for hydroxylation is 1. The molecular weight excluding hydrogens is 384 g/mol. The molecule has 8 heteroatoms. The number of rotatable bonds is 6. The predicted molar refractivity (Wildman–Crippen MR) is 109 cm³/mol. The van der Waals surface area contributed by atoms with Crippen LogP contribution in [0.3, 0.4) is 0 Å². The number of carbonyl (C=O) groups is 1. The maximum atomic E-state index is 12.2. The first kappa shape index (κ1) is 19.3. The normalized spacial score (nSPS) is 10.7. The number of anilines is 1. The Bertz CT molecular complexity index is 974. The second kappa shape index (κ2) is 8.45. The Morgan fingerprint density at radius 2 is 2.04 bits per heavy atom. The van der Waals surface area contributed by atoms with Gasteiger partial charge in [0.25, 0.3) is 0 Å². The summed E-state index contributed by atoms with van der Waals surface area (Å²) in [5, 5.41) is 12.4. The Labute approximate surface area is 166 Å². The molecule has 6 nitrogen and oxygen atoms in total. The van der Waals surface area contributed by atoms with Crippen molar-refractivity contribution in [2.24, 2.45) is 7.05 Å². The molecule has 0 aliphatic rings. The zero-order chi connectivity index (χ0) is 19.4. The van der Waals surface area contributed by atoms with E-state index in [1.165, 1.54) is 11.8 Å². The molecule has 1 amide bonds. The smallest absolute Gasteiger partial charge is 0.234 e. The van der Waals surface area contributed by atoms with Crippen LogP contribution in [0, 0.1) is 6.92 Å². The number of methoxy groups -OCH3 is 1. The number of amides is 1. The van der Waals surface area contributed by atoms with E-state index in [1.54, 1.807) is 25.3 Å². The molecule has 0 fully saturated rings. The first-order chi connectivity index (χ1) is 13.0. The van der Waals surface area contributed by atoms with E-state index < -0.39 is 0 Å². The summed E-state index contributed by atoms with van der Waals surface area (Å²) in [5.74, 6) is 1.40. The largest absolute Gasteiger partial charge is 0.495 e. The topological polar surface area (TPSA) is 69.0 Å². The number of halogens is 1. The van der Waals surface area contributed by atoms with Gasteiger partial charge >= 0.3 is 0 Å². The Hall–Kier alpha value is -2.51. The summed E-state index contributed by atoms with van der Waals surface area (Å²) in [6.45, 7) is 2.03. The lowest BCUT2D eigenvalue weighted by atomic mass is 10.1. The van der Waals surface area contributed by atoms with Crippen molar-refractivity contribution >= 4 is 35.0 Å². The van der Waals surface area contributed by atoms with Crippen molar-refractivity contribution in [1.29, 1.82) is 0 Å². The van der Waals surface area contributed by atoms with Crippen molar-refractivity contribution in [2.75, 3.05) is 18.2 Å². The van der Waals surface area contributed by atoms with Gasteiger partial charge in [-0.15, -0.1) is 10.2 Å². The fraction of sp³-hybridized carbons (Fsp3) is 0.211.